The number of carbonyl (C=O) groups excluding carboxylic acids is 1. The minimum atomic E-state index is 0.0222. The van der Waals surface area contributed by atoms with Crippen LogP contribution in [0.2, 0.25) is 0 Å². The highest BCUT2D eigenvalue weighted by molar-refractivity contribution is 6.14. The Bertz CT molecular complexity index is 632. The van der Waals surface area contributed by atoms with Crippen LogP contribution in [0.25, 0.3) is 12.2 Å². The van der Waals surface area contributed by atoms with Crippen LogP contribution in [0.1, 0.15) is 11.1 Å². The fourth-order valence-corrected chi connectivity index (χ4v) is 2.15. The van der Waals surface area contributed by atoms with Gasteiger partial charge in [0.2, 0.25) is 0 Å². The third-order valence-corrected chi connectivity index (χ3v) is 3.15. The molecule has 104 valence electrons. The fourth-order valence-electron chi connectivity index (χ4n) is 2.15. The molecule has 0 atom stereocenters. The molecule has 4 nitrogen and oxygen atoms in total. The minimum Gasteiger partial charge on any atom is -0.372 e. The van der Waals surface area contributed by atoms with Gasteiger partial charge in [-0.05, 0) is 35.4 Å². The van der Waals surface area contributed by atoms with Crippen LogP contribution >= 0.6 is 0 Å². The molecule has 3 rings (SSSR count). The first kappa shape index (κ1) is 13.4. The zero-order chi connectivity index (χ0) is 14.5. The largest absolute Gasteiger partial charge is 0.372 e. The van der Waals surface area contributed by atoms with Gasteiger partial charge in [-0.25, -0.2) is 0 Å². The maximum absolute atomic E-state index is 12.5. The van der Waals surface area contributed by atoms with E-state index in [0.29, 0.717) is 24.4 Å². The number of ether oxygens (including phenoxy) is 1. The van der Waals surface area contributed by atoms with Crippen molar-refractivity contribution in [3.05, 3.63) is 71.3 Å². The lowest BCUT2D eigenvalue weighted by Gasteiger charge is -2.17. The van der Waals surface area contributed by atoms with E-state index in [4.69, 9.17) is 4.74 Å². The zero-order valence-corrected chi connectivity index (χ0v) is 11.4. The third-order valence-electron chi connectivity index (χ3n) is 3.15. The lowest BCUT2D eigenvalue weighted by molar-refractivity contribution is -0.114. The van der Waals surface area contributed by atoms with Crippen LogP contribution in [0.3, 0.4) is 0 Å². The first-order valence-electron chi connectivity index (χ1n) is 6.66. The number of pyridine rings is 2. The third kappa shape index (κ3) is 3.30. The van der Waals surface area contributed by atoms with Crippen molar-refractivity contribution in [2.75, 3.05) is 13.2 Å². The molecule has 2 aromatic heterocycles. The summed E-state index contributed by atoms with van der Waals surface area (Å²) in [6.45, 7) is 0.663. The molecular weight excluding hydrogens is 264 g/mol. The van der Waals surface area contributed by atoms with Gasteiger partial charge in [-0.15, -0.1) is 0 Å². The van der Waals surface area contributed by atoms with Crippen LogP contribution in [-0.4, -0.2) is 29.0 Å². The fraction of sp³-hybridized carbons (Fsp3) is 0.118. The van der Waals surface area contributed by atoms with Crippen molar-refractivity contribution < 1.29 is 9.53 Å². The number of hydrogen-bond donors (Lipinski definition) is 0. The van der Waals surface area contributed by atoms with Crippen molar-refractivity contribution in [1.29, 1.82) is 0 Å². The summed E-state index contributed by atoms with van der Waals surface area (Å²) in [6, 6.07) is 7.50. The summed E-state index contributed by atoms with van der Waals surface area (Å²) in [5, 5.41) is 0. The van der Waals surface area contributed by atoms with Gasteiger partial charge in [0.05, 0.1) is 13.2 Å². The van der Waals surface area contributed by atoms with Crippen molar-refractivity contribution in [3.63, 3.8) is 0 Å². The normalized spacial score (nSPS) is 19.1. The van der Waals surface area contributed by atoms with Crippen molar-refractivity contribution in [3.8, 4) is 0 Å². The van der Waals surface area contributed by atoms with E-state index in [0.717, 1.165) is 11.1 Å². The summed E-state index contributed by atoms with van der Waals surface area (Å²) in [5.74, 6) is 0.0222. The Morgan fingerprint density at radius 2 is 1.43 bits per heavy atom. The Morgan fingerprint density at radius 1 is 0.905 bits per heavy atom. The lowest BCUT2D eigenvalue weighted by atomic mass is 9.98. The van der Waals surface area contributed by atoms with Gasteiger partial charge < -0.3 is 4.74 Å². The summed E-state index contributed by atoms with van der Waals surface area (Å²) in [5.41, 5.74) is 3.08. The highest BCUT2D eigenvalue weighted by Crippen LogP contribution is 2.19. The van der Waals surface area contributed by atoms with Gasteiger partial charge in [0.15, 0.2) is 5.78 Å². The topological polar surface area (TPSA) is 52.1 Å². The van der Waals surface area contributed by atoms with Crippen molar-refractivity contribution in [2.45, 2.75) is 0 Å². The zero-order valence-electron chi connectivity index (χ0n) is 11.4. The predicted octanol–water partition coefficient (Wildman–Crippen LogP) is 2.54. The van der Waals surface area contributed by atoms with E-state index in [1.165, 1.54) is 0 Å². The number of carbonyl (C=O) groups is 1. The Labute approximate surface area is 122 Å². The molecule has 0 aromatic carbocycles. The number of Topliss-reactive ketones (excluding diaryl/α,β-unsaturated/α-hetero) is 1. The summed E-state index contributed by atoms with van der Waals surface area (Å²) in [4.78, 5) is 20.6. The van der Waals surface area contributed by atoms with Gasteiger partial charge in [0, 0.05) is 35.9 Å². The summed E-state index contributed by atoms with van der Waals surface area (Å²) < 4.78 is 5.51. The van der Waals surface area contributed by atoms with E-state index in [9.17, 15) is 4.79 Å². The van der Waals surface area contributed by atoms with E-state index >= 15 is 0 Å². The molecule has 1 saturated heterocycles. The van der Waals surface area contributed by atoms with E-state index in [1.807, 2.05) is 36.4 Å². The molecule has 1 aliphatic rings. The average molecular weight is 278 g/mol. The van der Waals surface area contributed by atoms with Crippen molar-refractivity contribution in [2.24, 2.45) is 0 Å². The second kappa shape index (κ2) is 6.24. The molecule has 0 N–H and O–H groups in total. The van der Waals surface area contributed by atoms with Crippen LogP contribution in [-0.2, 0) is 9.53 Å². The van der Waals surface area contributed by atoms with Crippen LogP contribution in [0.5, 0.6) is 0 Å². The van der Waals surface area contributed by atoms with Gasteiger partial charge in [0.25, 0.3) is 0 Å². The highest BCUT2D eigenvalue weighted by Gasteiger charge is 2.21. The van der Waals surface area contributed by atoms with Crippen molar-refractivity contribution >= 4 is 17.9 Å². The molecular formula is C17H14N2O2. The summed E-state index contributed by atoms with van der Waals surface area (Å²) >= 11 is 0. The number of aromatic nitrogens is 2. The first-order chi connectivity index (χ1) is 10.3. The quantitative estimate of drug-likeness (QED) is 0.792. The predicted molar refractivity (Wildman–Crippen MR) is 80.3 cm³/mol. The SMILES string of the molecule is O=C1/C(=C\c2cccnc2)COC/C1=C\c1cccnc1. The van der Waals surface area contributed by atoms with Gasteiger partial charge in [0.1, 0.15) is 0 Å². The van der Waals surface area contributed by atoms with Gasteiger partial charge in [-0.3, -0.25) is 14.8 Å². The Hall–Kier alpha value is -2.59. The molecule has 4 heteroatoms. The molecule has 0 amide bonds. The first-order valence-corrected chi connectivity index (χ1v) is 6.66. The molecule has 1 aliphatic heterocycles. The smallest absolute Gasteiger partial charge is 0.189 e. The molecule has 0 aliphatic carbocycles. The molecule has 0 spiro atoms. The van der Waals surface area contributed by atoms with Gasteiger partial charge >= 0.3 is 0 Å². The number of nitrogens with zero attached hydrogens (tertiary/aromatic N) is 2. The van der Waals surface area contributed by atoms with E-state index in [1.54, 1.807) is 24.8 Å². The molecule has 21 heavy (non-hydrogen) atoms. The number of rotatable bonds is 2. The second-order valence-corrected chi connectivity index (χ2v) is 4.73. The second-order valence-electron chi connectivity index (χ2n) is 4.73. The van der Waals surface area contributed by atoms with Crippen molar-refractivity contribution in [1.82, 2.24) is 9.97 Å². The summed E-state index contributed by atoms with van der Waals surface area (Å²) in [7, 11) is 0. The highest BCUT2D eigenvalue weighted by atomic mass is 16.5. The van der Waals surface area contributed by atoms with Crippen LogP contribution in [0.4, 0.5) is 0 Å². The molecule has 0 bridgehead atoms. The minimum absolute atomic E-state index is 0.0222. The van der Waals surface area contributed by atoms with Crippen LogP contribution in [0.15, 0.2) is 60.2 Å². The molecule has 0 saturated carbocycles. The van der Waals surface area contributed by atoms with Crippen LogP contribution in [0, 0.1) is 0 Å². The van der Waals surface area contributed by atoms with E-state index in [2.05, 4.69) is 9.97 Å². The van der Waals surface area contributed by atoms with E-state index < -0.39 is 0 Å². The Balaban J connectivity index is 1.88. The van der Waals surface area contributed by atoms with Gasteiger partial charge in [-0.2, -0.15) is 0 Å². The Kier molecular flexibility index (Phi) is 3.98. The van der Waals surface area contributed by atoms with Crippen LogP contribution < -0.4 is 0 Å². The van der Waals surface area contributed by atoms with E-state index in [-0.39, 0.29) is 5.78 Å². The van der Waals surface area contributed by atoms with Gasteiger partial charge in [-0.1, -0.05) is 12.1 Å². The monoisotopic (exact) mass is 278 g/mol. The molecule has 2 aromatic rings. The maximum atomic E-state index is 12.5. The molecule has 3 heterocycles. The summed E-state index contributed by atoms with van der Waals surface area (Å²) in [6.07, 6.45) is 10.5. The Morgan fingerprint density at radius 3 is 1.86 bits per heavy atom. The standard InChI is InChI=1S/C17H14N2O2/c20-17-15(7-13-3-1-5-18-9-13)11-21-12-16(17)8-14-4-2-6-19-10-14/h1-10H,11-12H2/b15-7-,16-8+. The average Bonchev–Trinajstić information content (AvgIpc) is 2.53. The molecule has 0 unspecified atom stereocenters. The number of ketones is 1. The maximum Gasteiger partial charge on any atom is 0.189 e. The lowest BCUT2D eigenvalue weighted by Crippen LogP contribution is -2.21. The number of hydrogen-bond acceptors (Lipinski definition) is 4. The molecule has 0 radical (unpaired) electrons. The molecule has 1 fully saturated rings.